The predicted molar refractivity (Wildman–Crippen MR) is 108 cm³/mol. The number of rotatable bonds is 2. The minimum absolute atomic E-state index is 0.0212. The van der Waals surface area contributed by atoms with Gasteiger partial charge in [-0.15, -0.1) is 0 Å². The molecular weight excluding hydrogens is 390 g/mol. The summed E-state index contributed by atoms with van der Waals surface area (Å²) < 4.78 is 3.19. The van der Waals surface area contributed by atoms with Gasteiger partial charge in [-0.1, -0.05) is 41.1 Å². The van der Waals surface area contributed by atoms with E-state index in [4.69, 9.17) is 0 Å². The van der Waals surface area contributed by atoms with Crippen molar-refractivity contribution in [2.45, 2.75) is 25.9 Å². The lowest BCUT2D eigenvalue weighted by atomic mass is 10.1. The smallest absolute Gasteiger partial charge is 0.318 e. The Balaban J connectivity index is 1.71. The SMILES string of the molecule is CC[C@@H]1c2cccn2-c2ccccc2CN1C(=O)Nc1ccc(Br)cc1. The molecule has 0 spiro atoms. The molecule has 132 valence electrons. The zero-order chi connectivity index (χ0) is 18.1. The summed E-state index contributed by atoms with van der Waals surface area (Å²) in [6, 6.07) is 20.0. The van der Waals surface area contributed by atoms with Gasteiger partial charge in [0.05, 0.1) is 18.3 Å². The molecule has 4 nitrogen and oxygen atoms in total. The number of para-hydroxylation sites is 1. The zero-order valence-corrected chi connectivity index (χ0v) is 16.1. The molecule has 0 aliphatic carbocycles. The van der Waals surface area contributed by atoms with E-state index in [2.05, 4.69) is 57.1 Å². The molecule has 1 aromatic heterocycles. The fraction of sp³-hybridized carbons (Fsp3) is 0.190. The maximum Gasteiger partial charge on any atom is 0.322 e. The van der Waals surface area contributed by atoms with E-state index in [0.717, 1.165) is 33.5 Å². The number of carbonyl (C=O) groups is 1. The van der Waals surface area contributed by atoms with E-state index in [9.17, 15) is 4.79 Å². The topological polar surface area (TPSA) is 37.3 Å². The van der Waals surface area contributed by atoms with Gasteiger partial charge in [0, 0.05) is 22.1 Å². The van der Waals surface area contributed by atoms with E-state index >= 15 is 0 Å². The van der Waals surface area contributed by atoms with Crippen LogP contribution in [-0.4, -0.2) is 15.5 Å². The minimum Gasteiger partial charge on any atom is -0.318 e. The van der Waals surface area contributed by atoms with Crippen LogP contribution in [0, 0.1) is 0 Å². The van der Waals surface area contributed by atoms with Crippen LogP contribution in [-0.2, 0) is 6.54 Å². The van der Waals surface area contributed by atoms with Crippen molar-refractivity contribution in [3.8, 4) is 5.69 Å². The zero-order valence-electron chi connectivity index (χ0n) is 14.5. The molecule has 1 atom stereocenters. The normalized spacial score (nSPS) is 15.8. The van der Waals surface area contributed by atoms with Gasteiger partial charge in [0.15, 0.2) is 0 Å². The van der Waals surface area contributed by atoms with Crippen LogP contribution >= 0.6 is 15.9 Å². The predicted octanol–water partition coefficient (Wildman–Crippen LogP) is 5.74. The first-order chi connectivity index (χ1) is 12.7. The number of halogens is 1. The number of anilines is 1. The first-order valence-electron chi connectivity index (χ1n) is 8.76. The largest absolute Gasteiger partial charge is 0.322 e. The van der Waals surface area contributed by atoms with Crippen LogP contribution in [0.25, 0.3) is 5.69 Å². The van der Waals surface area contributed by atoms with Crippen LogP contribution in [0.4, 0.5) is 10.5 Å². The van der Waals surface area contributed by atoms with Crippen LogP contribution in [0.3, 0.4) is 0 Å². The van der Waals surface area contributed by atoms with E-state index < -0.39 is 0 Å². The summed E-state index contributed by atoms with van der Waals surface area (Å²) in [6.07, 6.45) is 2.93. The Bertz CT molecular complexity index is 932. The van der Waals surface area contributed by atoms with Gasteiger partial charge in [0.1, 0.15) is 0 Å². The van der Waals surface area contributed by atoms with Gasteiger partial charge in [0.2, 0.25) is 0 Å². The Morgan fingerprint density at radius 1 is 1.12 bits per heavy atom. The van der Waals surface area contributed by atoms with Crippen molar-refractivity contribution in [3.05, 3.63) is 82.6 Å². The standard InChI is InChI=1S/C21H20BrN3O/c1-2-18-20-8-5-13-24(20)19-7-4-3-6-15(19)14-25(18)21(26)23-17-11-9-16(22)10-12-17/h3-13,18H,2,14H2,1H3,(H,23,26)/t18-/m1/s1. The average molecular weight is 410 g/mol. The van der Waals surface area contributed by atoms with E-state index in [1.54, 1.807) is 0 Å². The summed E-state index contributed by atoms with van der Waals surface area (Å²) in [6.45, 7) is 2.70. The first kappa shape index (κ1) is 16.9. The van der Waals surface area contributed by atoms with Crippen LogP contribution in [0.15, 0.2) is 71.3 Å². The number of aromatic nitrogens is 1. The quantitative estimate of drug-likeness (QED) is 0.575. The second kappa shape index (κ2) is 7.00. The number of carbonyl (C=O) groups excluding carboxylic acids is 1. The molecule has 5 heteroatoms. The summed E-state index contributed by atoms with van der Waals surface area (Å²) in [4.78, 5) is 15.0. The third kappa shape index (κ3) is 3.03. The number of amides is 2. The molecule has 2 aromatic carbocycles. The molecule has 0 fully saturated rings. The highest BCUT2D eigenvalue weighted by Crippen LogP contribution is 2.34. The molecule has 1 N–H and O–H groups in total. The van der Waals surface area contributed by atoms with Crippen molar-refractivity contribution < 1.29 is 4.79 Å². The van der Waals surface area contributed by atoms with Crippen molar-refractivity contribution in [3.63, 3.8) is 0 Å². The van der Waals surface area contributed by atoms with Crippen LogP contribution < -0.4 is 5.32 Å². The molecule has 2 amide bonds. The number of nitrogens with one attached hydrogen (secondary N) is 1. The van der Waals surface area contributed by atoms with Crippen LogP contribution in [0.1, 0.15) is 30.6 Å². The second-order valence-electron chi connectivity index (χ2n) is 6.42. The van der Waals surface area contributed by atoms with Gasteiger partial charge in [0.25, 0.3) is 0 Å². The highest BCUT2D eigenvalue weighted by atomic mass is 79.9. The van der Waals surface area contributed by atoms with Gasteiger partial charge in [-0.05, 0) is 54.4 Å². The van der Waals surface area contributed by atoms with Crippen molar-refractivity contribution in [1.82, 2.24) is 9.47 Å². The van der Waals surface area contributed by atoms with Crippen LogP contribution in [0.5, 0.6) is 0 Å². The first-order valence-corrected chi connectivity index (χ1v) is 9.55. The van der Waals surface area contributed by atoms with Crippen molar-refractivity contribution in [2.24, 2.45) is 0 Å². The third-order valence-electron chi connectivity index (χ3n) is 4.83. The van der Waals surface area contributed by atoms with E-state index in [1.807, 2.05) is 47.4 Å². The number of hydrogen-bond acceptors (Lipinski definition) is 1. The number of urea groups is 1. The fourth-order valence-electron chi connectivity index (χ4n) is 3.59. The lowest BCUT2D eigenvalue weighted by Crippen LogP contribution is -2.37. The molecule has 3 aromatic rings. The summed E-state index contributed by atoms with van der Waals surface area (Å²) >= 11 is 3.43. The Morgan fingerprint density at radius 2 is 1.88 bits per heavy atom. The molecule has 0 unspecified atom stereocenters. The number of benzene rings is 2. The van der Waals surface area contributed by atoms with E-state index in [1.165, 1.54) is 0 Å². The second-order valence-corrected chi connectivity index (χ2v) is 7.34. The van der Waals surface area contributed by atoms with Gasteiger partial charge < -0.3 is 14.8 Å². The summed E-state index contributed by atoms with van der Waals surface area (Å²) in [5, 5.41) is 3.04. The van der Waals surface area contributed by atoms with E-state index in [-0.39, 0.29) is 12.1 Å². The molecule has 4 rings (SSSR count). The van der Waals surface area contributed by atoms with Crippen molar-refractivity contribution >= 4 is 27.6 Å². The lowest BCUT2D eigenvalue weighted by Gasteiger charge is -2.29. The van der Waals surface area contributed by atoms with Crippen molar-refractivity contribution in [2.75, 3.05) is 5.32 Å². The van der Waals surface area contributed by atoms with Crippen LogP contribution in [0.2, 0.25) is 0 Å². The van der Waals surface area contributed by atoms with Gasteiger partial charge in [-0.3, -0.25) is 0 Å². The molecule has 0 bridgehead atoms. The molecule has 0 saturated heterocycles. The third-order valence-corrected chi connectivity index (χ3v) is 5.36. The van der Waals surface area contributed by atoms with Gasteiger partial charge in [-0.2, -0.15) is 0 Å². The summed E-state index contributed by atoms with van der Waals surface area (Å²) in [5.41, 5.74) is 4.22. The summed E-state index contributed by atoms with van der Waals surface area (Å²) in [5.74, 6) is 0. The maximum atomic E-state index is 13.1. The van der Waals surface area contributed by atoms with Gasteiger partial charge in [-0.25, -0.2) is 4.79 Å². The van der Waals surface area contributed by atoms with E-state index in [0.29, 0.717) is 6.54 Å². The number of hydrogen-bond donors (Lipinski definition) is 1. The average Bonchev–Trinajstić information content (AvgIpc) is 3.08. The molecule has 26 heavy (non-hydrogen) atoms. The monoisotopic (exact) mass is 409 g/mol. The Kier molecular flexibility index (Phi) is 4.55. The number of fused-ring (bicyclic) bond motifs is 3. The summed E-state index contributed by atoms with van der Waals surface area (Å²) in [7, 11) is 0. The fourth-order valence-corrected chi connectivity index (χ4v) is 3.85. The number of nitrogens with zero attached hydrogens (tertiary/aromatic N) is 2. The molecule has 2 heterocycles. The maximum absolute atomic E-state index is 13.1. The molecule has 1 aliphatic rings. The van der Waals surface area contributed by atoms with Crippen molar-refractivity contribution in [1.29, 1.82) is 0 Å². The molecule has 1 aliphatic heterocycles. The molecular formula is C21H20BrN3O. The molecule has 0 saturated carbocycles. The molecule has 0 radical (unpaired) electrons. The lowest BCUT2D eigenvalue weighted by molar-refractivity contribution is 0.181. The highest BCUT2D eigenvalue weighted by Gasteiger charge is 2.30. The van der Waals surface area contributed by atoms with Gasteiger partial charge >= 0.3 is 6.03 Å². The minimum atomic E-state index is -0.0800. The Hall–Kier alpha value is -2.53. The Morgan fingerprint density at radius 3 is 2.65 bits per heavy atom. The highest BCUT2D eigenvalue weighted by molar-refractivity contribution is 9.10. The Labute approximate surface area is 161 Å².